The summed E-state index contributed by atoms with van der Waals surface area (Å²) in [6.45, 7) is 4.98. The number of nitrogens with zero attached hydrogens (tertiary/aromatic N) is 1. The molecule has 1 rings (SSSR count). The molecule has 1 aromatic rings. The van der Waals surface area contributed by atoms with Crippen molar-refractivity contribution in [2.75, 3.05) is 7.11 Å². The average Bonchev–Trinajstić information content (AvgIpc) is 2.77. The Hall–Kier alpha value is -0.940. The van der Waals surface area contributed by atoms with Gasteiger partial charge < -0.3 is 10.1 Å². The fraction of sp³-hybridized carbons (Fsp3) is 0.636. The van der Waals surface area contributed by atoms with Crippen molar-refractivity contribution < 1.29 is 9.53 Å². The van der Waals surface area contributed by atoms with Gasteiger partial charge in [-0.25, -0.2) is 9.78 Å². The molecule has 0 bridgehead atoms. The largest absolute Gasteiger partial charge is 0.464 e. The highest BCUT2D eigenvalue weighted by molar-refractivity contribution is 7.09. The quantitative estimate of drug-likeness (QED) is 0.777. The monoisotopic (exact) mass is 242 g/mol. The minimum absolute atomic E-state index is 0.359. The van der Waals surface area contributed by atoms with Crippen molar-refractivity contribution >= 4 is 17.3 Å². The zero-order valence-electron chi connectivity index (χ0n) is 9.95. The molecule has 1 N–H and O–H groups in total. The average molecular weight is 242 g/mol. The maximum atomic E-state index is 11.4. The molecule has 4 nitrogen and oxygen atoms in total. The molecular formula is C11H18N2O2S. The molecule has 0 radical (unpaired) electrons. The molecule has 0 aliphatic rings. The van der Waals surface area contributed by atoms with Gasteiger partial charge >= 0.3 is 5.97 Å². The summed E-state index contributed by atoms with van der Waals surface area (Å²) in [5.41, 5.74) is 2.11. The highest BCUT2D eigenvalue weighted by Gasteiger charge is 2.15. The molecule has 0 saturated heterocycles. The number of rotatable bonds is 6. The Morgan fingerprint density at radius 2 is 2.25 bits per heavy atom. The van der Waals surface area contributed by atoms with Gasteiger partial charge in [-0.15, -0.1) is 11.3 Å². The molecule has 0 fully saturated rings. The first-order valence-corrected chi connectivity index (χ1v) is 6.34. The van der Waals surface area contributed by atoms with Crippen LogP contribution < -0.4 is 5.32 Å². The summed E-state index contributed by atoms with van der Waals surface area (Å²) in [7, 11) is 1.37. The first kappa shape index (κ1) is 13.1. The minimum Gasteiger partial charge on any atom is -0.464 e. The standard InChI is InChI=1S/C11H18N2O2S/c1-4-8(5-2)12-6-9-10(11(14)15-3)13-7-16-9/h7-8,12H,4-6H2,1-3H3. The lowest BCUT2D eigenvalue weighted by atomic mass is 10.2. The number of nitrogens with one attached hydrogen (secondary N) is 1. The van der Waals surface area contributed by atoms with E-state index in [-0.39, 0.29) is 5.97 Å². The van der Waals surface area contributed by atoms with E-state index in [1.165, 1.54) is 18.4 Å². The molecule has 0 aliphatic carbocycles. The van der Waals surface area contributed by atoms with Gasteiger partial charge in [0.25, 0.3) is 0 Å². The van der Waals surface area contributed by atoms with E-state index in [0.717, 1.165) is 17.7 Å². The molecule has 0 aromatic carbocycles. The molecule has 0 spiro atoms. The van der Waals surface area contributed by atoms with Gasteiger partial charge in [0.15, 0.2) is 5.69 Å². The SMILES string of the molecule is CCC(CC)NCc1scnc1C(=O)OC. The summed E-state index contributed by atoms with van der Waals surface area (Å²) in [5.74, 6) is -0.359. The van der Waals surface area contributed by atoms with Crippen molar-refractivity contribution in [1.82, 2.24) is 10.3 Å². The Balaban J connectivity index is 2.60. The van der Waals surface area contributed by atoms with Crippen LogP contribution in [0.2, 0.25) is 0 Å². The number of methoxy groups -OCH3 is 1. The lowest BCUT2D eigenvalue weighted by Crippen LogP contribution is -2.27. The third kappa shape index (κ3) is 3.28. The van der Waals surface area contributed by atoms with Gasteiger partial charge in [0.1, 0.15) is 0 Å². The van der Waals surface area contributed by atoms with Gasteiger partial charge in [-0.05, 0) is 12.8 Å². The van der Waals surface area contributed by atoms with Crippen LogP contribution in [0.15, 0.2) is 5.51 Å². The number of esters is 1. The van der Waals surface area contributed by atoms with Crippen molar-refractivity contribution in [2.45, 2.75) is 39.3 Å². The van der Waals surface area contributed by atoms with Gasteiger partial charge in [-0.3, -0.25) is 0 Å². The van der Waals surface area contributed by atoms with E-state index in [2.05, 4.69) is 28.9 Å². The molecule has 5 heteroatoms. The lowest BCUT2D eigenvalue weighted by Gasteiger charge is -2.13. The highest BCUT2D eigenvalue weighted by Crippen LogP contribution is 2.14. The predicted molar refractivity (Wildman–Crippen MR) is 64.7 cm³/mol. The number of thiazole rings is 1. The van der Waals surface area contributed by atoms with Crippen LogP contribution in [0.3, 0.4) is 0 Å². The summed E-state index contributed by atoms with van der Waals surface area (Å²) in [6.07, 6.45) is 2.17. The molecular weight excluding hydrogens is 224 g/mol. The van der Waals surface area contributed by atoms with Crippen LogP contribution in [-0.4, -0.2) is 24.1 Å². The van der Waals surface area contributed by atoms with Gasteiger partial charge in [-0.1, -0.05) is 13.8 Å². The second-order valence-electron chi connectivity index (χ2n) is 3.51. The van der Waals surface area contributed by atoms with Crippen molar-refractivity contribution in [3.63, 3.8) is 0 Å². The summed E-state index contributed by atoms with van der Waals surface area (Å²) < 4.78 is 4.67. The number of ether oxygens (including phenoxy) is 1. The third-order valence-electron chi connectivity index (χ3n) is 2.56. The second-order valence-corrected chi connectivity index (χ2v) is 4.45. The molecule has 90 valence electrons. The molecule has 0 aliphatic heterocycles. The van der Waals surface area contributed by atoms with Crippen LogP contribution in [0, 0.1) is 0 Å². The molecule has 0 amide bonds. The molecule has 0 atom stereocenters. The Labute approximate surface area is 100 Å². The number of hydrogen-bond acceptors (Lipinski definition) is 5. The summed E-state index contributed by atoms with van der Waals surface area (Å²) in [4.78, 5) is 16.3. The van der Waals surface area contributed by atoms with Crippen LogP contribution in [0.5, 0.6) is 0 Å². The van der Waals surface area contributed by atoms with Gasteiger partial charge in [0, 0.05) is 12.6 Å². The van der Waals surface area contributed by atoms with Crippen LogP contribution in [0.4, 0.5) is 0 Å². The summed E-state index contributed by atoms with van der Waals surface area (Å²) in [5, 5.41) is 3.40. The molecule has 16 heavy (non-hydrogen) atoms. The third-order valence-corrected chi connectivity index (χ3v) is 3.39. The zero-order chi connectivity index (χ0) is 12.0. The number of hydrogen-bond donors (Lipinski definition) is 1. The first-order chi connectivity index (χ1) is 7.72. The fourth-order valence-corrected chi connectivity index (χ4v) is 2.17. The van der Waals surface area contributed by atoms with E-state index >= 15 is 0 Å². The zero-order valence-corrected chi connectivity index (χ0v) is 10.8. The van der Waals surface area contributed by atoms with E-state index in [4.69, 9.17) is 0 Å². The van der Waals surface area contributed by atoms with Crippen LogP contribution in [0.25, 0.3) is 0 Å². The van der Waals surface area contributed by atoms with Gasteiger partial charge in [0.2, 0.25) is 0 Å². The van der Waals surface area contributed by atoms with E-state index in [0.29, 0.717) is 18.3 Å². The van der Waals surface area contributed by atoms with E-state index in [9.17, 15) is 4.79 Å². The normalized spacial score (nSPS) is 10.8. The smallest absolute Gasteiger partial charge is 0.357 e. The van der Waals surface area contributed by atoms with Gasteiger partial charge in [0.05, 0.1) is 17.5 Å². The van der Waals surface area contributed by atoms with Crippen molar-refractivity contribution in [3.05, 3.63) is 16.1 Å². The molecule has 0 unspecified atom stereocenters. The molecule has 0 saturated carbocycles. The second kappa shape index (κ2) is 6.60. The van der Waals surface area contributed by atoms with Crippen molar-refractivity contribution in [1.29, 1.82) is 0 Å². The van der Waals surface area contributed by atoms with Crippen LogP contribution in [0.1, 0.15) is 42.1 Å². The number of carbonyl (C=O) groups is 1. The van der Waals surface area contributed by atoms with E-state index < -0.39 is 0 Å². The minimum atomic E-state index is -0.359. The maximum Gasteiger partial charge on any atom is 0.357 e. The van der Waals surface area contributed by atoms with Crippen LogP contribution in [-0.2, 0) is 11.3 Å². The van der Waals surface area contributed by atoms with Crippen molar-refractivity contribution in [3.8, 4) is 0 Å². The number of aromatic nitrogens is 1. The predicted octanol–water partition coefficient (Wildman–Crippen LogP) is 2.21. The number of carbonyl (C=O) groups excluding carboxylic acids is 1. The Bertz CT molecular complexity index is 334. The van der Waals surface area contributed by atoms with Gasteiger partial charge in [-0.2, -0.15) is 0 Å². The first-order valence-electron chi connectivity index (χ1n) is 5.46. The Morgan fingerprint density at radius 1 is 1.56 bits per heavy atom. The molecule has 1 aromatic heterocycles. The summed E-state index contributed by atoms with van der Waals surface area (Å²) >= 11 is 1.48. The van der Waals surface area contributed by atoms with E-state index in [1.54, 1.807) is 5.51 Å². The van der Waals surface area contributed by atoms with Crippen molar-refractivity contribution in [2.24, 2.45) is 0 Å². The van der Waals surface area contributed by atoms with E-state index in [1.807, 2.05) is 0 Å². The Morgan fingerprint density at radius 3 is 2.81 bits per heavy atom. The highest BCUT2D eigenvalue weighted by atomic mass is 32.1. The lowest BCUT2D eigenvalue weighted by molar-refractivity contribution is 0.0593. The molecule has 1 heterocycles. The maximum absolute atomic E-state index is 11.4. The van der Waals surface area contributed by atoms with Crippen LogP contribution >= 0.6 is 11.3 Å². The summed E-state index contributed by atoms with van der Waals surface area (Å²) in [6, 6.07) is 0.493. The Kier molecular flexibility index (Phi) is 5.42. The fourth-order valence-electron chi connectivity index (χ4n) is 1.47. The topological polar surface area (TPSA) is 51.2 Å².